The van der Waals surface area contributed by atoms with Gasteiger partial charge in [0.2, 0.25) is 0 Å². The summed E-state index contributed by atoms with van der Waals surface area (Å²) in [5.74, 6) is 0.136. The molecule has 0 saturated carbocycles. The summed E-state index contributed by atoms with van der Waals surface area (Å²) in [5, 5.41) is 3.76. The van der Waals surface area contributed by atoms with Gasteiger partial charge in [-0.25, -0.2) is 9.69 Å². The quantitative estimate of drug-likeness (QED) is 0.798. The molecule has 2 saturated heterocycles. The lowest BCUT2D eigenvalue weighted by Gasteiger charge is -2.40. The summed E-state index contributed by atoms with van der Waals surface area (Å²) in [7, 11) is 0. The summed E-state index contributed by atoms with van der Waals surface area (Å²) >= 11 is 0. The van der Waals surface area contributed by atoms with Gasteiger partial charge in [0.05, 0.1) is 5.69 Å². The Morgan fingerprint density at radius 1 is 1.33 bits per heavy atom. The highest BCUT2D eigenvalue weighted by Gasteiger charge is 2.39. The predicted molar refractivity (Wildman–Crippen MR) is 68.4 cm³/mol. The largest absolute Gasteiger partial charge is 0.439 e. The van der Waals surface area contributed by atoms with Gasteiger partial charge < -0.3 is 14.2 Å². The standard InChI is InChI=1S/C13H15N3O5/c1-7-11(8(2)21-14-7)12(18)15-3-9(4-15)5-16-10(17)6-20-13(16)19/h9H,3-6H2,1-2H3. The first-order valence-corrected chi connectivity index (χ1v) is 6.66. The number of rotatable bonds is 3. The molecule has 0 spiro atoms. The summed E-state index contributed by atoms with van der Waals surface area (Å²) in [6.45, 7) is 4.53. The van der Waals surface area contributed by atoms with Crippen molar-refractivity contribution in [3.05, 3.63) is 17.0 Å². The van der Waals surface area contributed by atoms with Gasteiger partial charge in [-0.2, -0.15) is 0 Å². The maximum atomic E-state index is 12.3. The molecule has 21 heavy (non-hydrogen) atoms. The highest BCUT2D eigenvalue weighted by Crippen LogP contribution is 2.23. The maximum absolute atomic E-state index is 12.3. The fourth-order valence-electron chi connectivity index (χ4n) is 2.61. The summed E-state index contributed by atoms with van der Waals surface area (Å²) in [6, 6.07) is 0. The van der Waals surface area contributed by atoms with E-state index >= 15 is 0 Å². The van der Waals surface area contributed by atoms with E-state index in [1.54, 1.807) is 18.7 Å². The number of carbonyl (C=O) groups is 3. The van der Waals surface area contributed by atoms with E-state index in [1.807, 2.05) is 0 Å². The monoisotopic (exact) mass is 293 g/mol. The lowest BCUT2D eigenvalue weighted by molar-refractivity contribution is -0.126. The third kappa shape index (κ3) is 2.26. The molecule has 3 rings (SSSR count). The number of aryl methyl sites for hydroxylation is 2. The van der Waals surface area contributed by atoms with Crippen molar-refractivity contribution in [3.8, 4) is 0 Å². The topological polar surface area (TPSA) is 93.0 Å². The highest BCUT2D eigenvalue weighted by molar-refractivity contribution is 5.98. The molecule has 1 aromatic rings. The second-order valence-electron chi connectivity index (χ2n) is 5.33. The molecule has 1 aromatic heterocycles. The van der Waals surface area contributed by atoms with Crippen molar-refractivity contribution in [1.82, 2.24) is 15.0 Å². The molecule has 0 unspecified atom stereocenters. The first kappa shape index (κ1) is 13.6. The Balaban J connectivity index is 1.57. The van der Waals surface area contributed by atoms with Crippen LogP contribution < -0.4 is 0 Å². The van der Waals surface area contributed by atoms with Crippen LogP contribution in [0, 0.1) is 19.8 Å². The van der Waals surface area contributed by atoms with Gasteiger partial charge in [-0.3, -0.25) is 9.59 Å². The van der Waals surface area contributed by atoms with E-state index < -0.39 is 6.09 Å². The number of imide groups is 1. The molecule has 112 valence electrons. The van der Waals surface area contributed by atoms with Gasteiger partial charge in [0, 0.05) is 25.6 Å². The van der Waals surface area contributed by atoms with Crippen LogP contribution in [-0.2, 0) is 9.53 Å². The maximum Gasteiger partial charge on any atom is 0.417 e. The van der Waals surface area contributed by atoms with Crippen LogP contribution in [0.15, 0.2) is 4.52 Å². The number of aromatic nitrogens is 1. The highest BCUT2D eigenvalue weighted by atomic mass is 16.6. The molecule has 8 nitrogen and oxygen atoms in total. The van der Waals surface area contributed by atoms with Crippen molar-refractivity contribution in [2.75, 3.05) is 26.2 Å². The van der Waals surface area contributed by atoms with E-state index in [2.05, 4.69) is 9.89 Å². The van der Waals surface area contributed by atoms with Crippen LogP contribution in [0.25, 0.3) is 0 Å². The van der Waals surface area contributed by atoms with Gasteiger partial charge in [-0.1, -0.05) is 5.16 Å². The second kappa shape index (κ2) is 4.87. The smallest absolute Gasteiger partial charge is 0.417 e. The van der Waals surface area contributed by atoms with Crippen LogP contribution in [0.5, 0.6) is 0 Å². The molecule has 0 aliphatic carbocycles. The van der Waals surface area contributed by atoms with E-state index in [-0.39, 0.29) is 24.3 Å². The molecular formula is C13H15N3O5. The van der Waals surface area contributed by atoms with Crippen molar-refractivity contribution < 1.29 is 23.6 Å². The first-order chi connectivity index (χ1) is 9.97. The average Bonchev–Trinajstić information content (AvgIpc) is 2.88. The molecule has 8 heteroatoms. The Kier molecular flexibility index (Phi) is 3.15. The number of hydrogen-bond acceptors (Lipinski definition) is 6. The molecule has 0 N–H and O–H groups in total. The number of nitrogens with zero attached hydrogens (tertiary/aromatic N) is 3. The number of ether oxygens (including phenoxy) is 1. The van der Waals surface area contributed by atoms with E-state index in [4.69, 9.17) is 4.52 Å². The number of cyclic esters (lactones) is 1. The zero-order chi connectivity index (χ0) is 15.1. The van der Waals surface area contributed by atoms with Crippen molar-refractivity contribution in [1.29, 1.82) is 0 Å². The summed E-state index contributed by atoms with van der Waals surface area (Å²) in [5.41, 5.74) is 1.06. The van der Waals surface area contributed by atoms with Crippen molar-refractivity contribution in [2.24, 2.45) is 5.92 Å². The van der Waals surface area contributed by atoms with Crippen LogP contribution in [0.4, 0.5) is 4.79 Å². The molecule has 2 aliphatic heterocycles. The third-order valence-electron chi connectivity index (χ3n) is 3.77. The Morgan fingerprint density at radius 3 is 2.57 bits per heavy atom. The lowest BCUT2D eigenvalue weighted by Crippen LogP contribution is -2.54. The Bertz CT molecular complexity index is 582. The van der Waals surface area contributed by atoms with Gasteiger partial charge in [-0.15, -0.1) is 0 Å². The molecule has 0 aromatic carbocycles. The summed E-state index contributed by atoms with van der Waals surface area (Å²) in [6.07, 6.45) is -0.601. The molecule has 0 radical (unpaired) electrons. The fraction of sp³-hybridized carbons (Fsp3) is 0.538. The minimum atomic E-state index is -0.601. The molecule has 2 fully saturated rings. The number of hydrogen-bond donors (Lipinski definition) is 0. The van der Waals surface area contributed by atoms with Gasteiger partial charge in [0.25, 0.3) is 11.8 Å². The Hall–Kier alpha value is -2.38. The van der Waals surface area contributed by atoms with Crippen molar-refractivity contribution >= 4 is 17.9 Å². The second-order valence-corrected chi connectivity index (χ2v) is 5.33. The minimum Gasteiger partial charge on any atom is -0.439 e. The van der Waals surface area contributed by atoms with Crippen LogP contribution in [0.2, 0.25) is 0 Å². The summed E-state index contributed by atoms with van der Waals surface area (Å²) in [4.78, 5) is 37.8. The fourth-order valence-corrected chi connectivity index (χ4v) is 2.61. The van der Waals surface area contributed by atoms with Gasteiger partial charge in [0.15, 0.2) is 6.61 Å². The normalized spacial score (nSPS) is 19.0. The number of carbonyl (C=O) groups excluding carboxylic acids is 3. The van der Waals surface area contributed by atoms with Crippen molar-refractivity contribution in [3.63, 3.8) is 0 Å². The molecule has 0 bridgehead atoms. The Morgan fingerprint density at radius 2 is 2.05 bits per heavy atom. The van der Waals surface area contributed by atoms with Crippen LogP contribution in [0.1, 0.15) is 21.8 Å². The van der Waals surface area contributed by atoms with E-state index in [0.29, 0.717) is 36.7 Å². The Labute approximate surface area is 120 Å². The van der Waals surface area contributed by atoms with E-state index in [1.165, 1.54) is 0 Å². The van der Waals surface area contributed by atoms with Crippen LogP contribution >= 0.6 is 0 Å². The molecule has 2 aliphatic rings. The molecule has 3 heterocycles. The molecule has 0 atom stereocenters. The number of likely N-dealkylation sites (tertiary alicyclic amines) is 1. The molecular weight excluding hydrogens is 278 g/mol. The van der Waals surface area contributed by atoms with Crippen LogP contribution in [0.3, 0.4) is 0 Å². The molecule has 3 amide bonds. The van der Waals surface area contributed by atoms with E-state index in [0.717, 1.165) is 4.90 Å². The zero-order valence-electron chi connectivity index (χ0n) is 11.8. The zero-order valence-corrected chi connectivity index (χ0v) is 11.8. The average molecular weight is 293 g/mol. The van der Waals surface area contributed by atoms with Crippen molar-refractivity contribution in [2.45, 2.75) is 13.8 Å². The summed E-state index contributed by atoms with van der Waals surface area (Å²) < 4.78 is 9.63. The number of amides is 3. The third-order valence-corrected chi connectivity index (χ3v) is 3.77. The predicted octanol–water partition coefficient (Wildman–Crippen LogP) is 0.342. The minimum absolute atomic E-state index is 0.0871. The van der Waals surface area contributed by atoms with Gasteiger partial charge in [-0.05, 0) is 13.8 Å². The van der Waals surface area contributed by atoms with Gasteiger partial charge >= 0.3 is 6.09 Å². The van der Waals surface area contributed by atoms with E-state index in [9.17, 15) is 14.4 Å². The SMILES string of the molecule is Cc1noc(C)c1C(=O)N1CC(CN2C(=O)COC2=O)C1. The first-order valence-electron chi connectivity index (χ1n) is 6.66. The van der Waals surface area contributed by atoms with Gasteiger partial charge in [0.1, 0.15) is 11.3 Å². The van der Waals surface area contributed by atoms with Crippen LogP contribution in [-0.4, -0.2) is 59.1 Å². The lowest BCUT2D eigenvalue weighted by atomic mass is 9.98.